The number of hydrogen-bond donors (Lipinski definition) is 1. The largest absolute Gasteiger partial charge is 0.494 e. The van der Waals surface area contributed by atoms with Gasteiger partial charge >= 0.3 is 5.97 Å². The van der Waals surface area contributed by atoms with Crippen LogP contribution in [-0.2, 0) is 12.8 Å². The van der Waals surface area contributed by atoms with E-state index >= 15 is 0 Å². The van der Waals surface area contributed by atoms with Crippen molar-refractivity contribution in [3.8, 4) is 11.5 Å². The van der Waals surface area contributed by atoms with Crippen LogP contribution in [0.5, 0.6) is 11.5 Å². The number of esters is 1. The summed E-state index contributed by atoms with van der Waals surface area (Å²) in [6.07, 6.45) is 1.57. The summed E-state index contributed by atoms with van der Waals surface area (Å²) in [6, 6.07) is 1.89. The molecule has 1 aromatic carbocycles. The molecular formula is C12H13NO3. The van der Waals surface area contributed by atoms with Crippen molar-refractivity contribution in [2.75, 3.05) is 6.61 Å². The molecule has 0 spiro atoms. The normalized spacial score (nSPS) is 20.9. The van der Waals surface area contributed by atoms with Gasteiger partial charge in [0, 0.05) is 17.2 Å². The van der Waals surface area contributed by atoms with Gasteiger partial charge in [-0.15, -0.1) is 0 Å². The quantitative estimate of drug-likeness (QED) is 0.755. The summed E-state index contributed by atoms with van der Waals surface area (Å²) < 4.78 is 10.6. The fourth-order valence-electron chi connectivity index (χ4n) is 2.42. The van der Waals surface area contributed by atoms with Crippen LogP contribution in [0.4, 0.5) is 0 Å². The van der Waals surface area contributed by atoms with Gasteiger partial charge in [0.1, 0.15) is 17.1 Å². The third kappa shape index (κ3) is 1.16. The smallest absolute Gasteiger partial charge is 0.347 e. The lowest BCUT2D eigenvalue weighted by molar-refractivity contribution is 0.0655. The van der Waals surface area contributed by atoms with Crippen molar-refractivity contribution in [1.82, 2.24) is 0 Å². The maximum atomic E-state index is 11.3. The molecule has 0 radical (unpaired) electrons. The predicted octanol–water partition coefficient (Wildman–Crippen LogP) is 1.04. The van der Waals surface area contributed by atoms with E-state index in [4.69, 9.17) is 15.2 Å². The van der Waals surface area contributed by atoms with E-state index in [0.29, 0.717) is 12.2 Å². The van der Waals surface area contributed by atoms with Crippen LogP contribution >= 0.6 is 0 Å². The van der Waals surface area contributed by atoms with Crippen molar-refractivity contribution in [3.05, 3.63) is 22.8 Å². The highest BCUT2D eigenvalue weighted by molar-refractivity contribution is 6.03. The lowest BCUT2D eigenvalue weighted by atomic mass is 10.00. The first kappa shape index (κ1) is 9.66. The van der Waals surface area contributed by atoms with E-state index in [1.54, 1.807) is 6.07 Å². The highest BCUT2D eigenvalue weighted by Crippen LogP contribution is 2.44. The van der Waals surface area contributed by atoms with Crippen LogP contribution in [0.3, 0.4) is 0 Å². The van der Waals surface area contributed by atoms with Gasteiger partial charge in [-0.05, 0) is 25.8 Å². The van der Waals surface area contributed by atoms with Crippen molar-refractivity contribution in [2.24, 2.45) is 5.73 Å². The molecule has 1 unspecified atom stereocenters. The third-order valence-electron chi connectivity index (χ3n) is 3.10. The van der Waals surface area contributed by atoms with Crippen LogP contribution in [0.25, 0.3) is 0 Å². The van der Waals surface area contributed by atoms with Crippen molar-refractivity contribution in [1.29, 1.82) is 0 Å². The van der Waals surface area contributed by atoms with E-state index in [0.717, 1.165) is 35.5 Å². The molecule has 2 N–H and O–H groups in total. The number of ether oxygens (including phenoxy) is 2. The van der Waals surface area contributed by atoms with Crippen LogP contribution in [0.1, 0.15) is 28.4 Å². The van der Waals surface area contributed by atoms with Gasteiger partial charge in [-0.3, -0.25) is 0 Å². The molecule has 2 aliphatic rings. The van der Waals surface area contributed by atoms with Gasteiger partial charge < -0.3 is 15.2 Å². The van der Waals surface area contributed by atoms with E-state index in [1.165, 1.54) is 0 Å². The number of hydrogen-bond acceptors (Lipinski definition) is 4. The number of nitrogens with two attached hydrogens (primary N) is 1. The highest BCUT2D eigenvalue weighted by atomic mass is 16.6. The van der Waals surface area contributed by atoms with Crippen LogP contribution in [-0.4, -0.2) is 18.6 Å². The van der Waals surface area contributed by atoms with E-state index in [-0.39, 0.29) is 12.0 Å². The maximum Gasteiger partial charge on any atom is 0.347 e. The van der Waals surface area contributed by atoms with Crippen molar-refractivity contribution < 1.29 is 14.3 Å². The Kier molecular flexibility index (Phi) is 1.94. The monoisotopic (exact) mass is 219 g/mol. The second-order valence-electron chi connectivity index (χ2n) is 4.20. The summed E-state index contributed by atoms with van der Waals surface area (Å²) in [7, 11) is 0. The Morgan fingerprint density at radius 2 is 2.25 bits per heavy atom. The third-order valence-corrected chi connectivity index (χ3v) is 3.10. The second-order valence-corrected chi connectivity index (χ2v) is 4.20. The Morgan fingerprint density at radius 1 is 1.50 bits per heavy atom. The molecule has 3 rings (SSSR count). The Labute approximate surface area is 93.3 Å². The Hall–Kier alpha value is -1.55. The van der Waals surface area contributed by atoms with Gasteiger partial charge in [-0.1, -0.05) is 0 Å². The molecule has 0 aromatic heterocycles. The number of carbonyl (C=O) groups is 1. The predicted molar refractivity (Wildman–Crippen MR) is 58.0 cm³/mol. The zero-order chi connectivity index (χ0) is 11.3. The molecule has 16 heavy (non-hydrogen) atoms. The fraction of sp³-hybridized carbons (Fsp3) is 0.417. The summed E-state index contributed by atoms with van der Waals surface area (Å²) in [4.78, 5) is 11.3. The highest BCUT2D eigenvalue weighted by Gasteiger charge is 2.36. The van der Waals surface area contributed by atoms with Gasteiger partial charge in [-0.25, -0.2) is 4.79 Å². The van der Waals surface area contributed by atoms with Gasteiger partial charge in [0.2, 0.25) is 0 Å². The molecule has 1 heterocycles. The molecular weight excluding hydrogens is 206 g/mol. The fourth-order valence-corrected chi connectivity index (χ4v) is 2.42. The zero-order valence-electron chi connectivity index (χ0n) is 9.08. The molecule has 4 heteroatoms. The SMILES string of the molecule is CCOc1cc2c(c3c1CC(N)C3)OC2=O. The number of benzene rings is 1. The van der Waals surface area contributed by atoms with Gasteiger partial charge in [0.05, 0.1) is 6.61 Å². The first-order chi connectivity index (χ1) is 7.70. The minimum Gasteiger partial charge on any atom is -0.494 e. The molecule has 1 atom stereocenters. The summed E-state index contributed by atoms with van der Waals surface area (Å²) >= 11 is 0. The number of carbonyl (C=O) groups excluding carboxylic acids is 1. The van der Waals surface area contributed by atoms with Crippen molar-refractivity contribution in [2.45, 2.75) is 25.8 Å². The van der Waals surface area contributed by atoms with Crippen molar-refractivity contribution in [3.63, 3.8) is 0 Å². The molecule has 0 fully saturated rings. The molecule has 0 saturated carbocycles. The van der Waals surface area contributed by atoms with Crippen LogP contribution in [0.2, 0.25) is 0 Å². The molecule has 0 bridgehead atoms. The van der Waals surface area contributed by atoms with Crippen molar-refractivity contribution >= 4 is 5.97 Å². The molecule has 84 valence electrons. The summed E-state index contributed by atoms with van der Waals surface area (Å²) in [5.41, 5.74) is 8.74. The molecule has 1 aliphatic carbocycles. The summed E-state index contributed by atoms with van der Waals surface area (Å²) in [5.74, 6) is 1.25. The minimum atomic E-state index is -0.265. The van der Waals surface area contributed by atoms with E-state index in [9.17, 15) is 4.79 Å². The van der Waals surface area contributed by atoms with E-state index in [1.807, 2.05) is 6.92 Å². The van der Waals surface area contributed by atoms with E-state index in [2.05, 4.69) is 0 Å². The van der Waals surface area contributed by atoms with Crippen LogP contribution in [0, 0.1) is 0 Å². The summed E-state index contributed by atoms with van der Waals surface area (Å²) in [6.45, 7) is 2.52. The zero-order valence-corrected chi connectivity index (χ0v) is 9.08. The average Bonchev–Trinajstić information content (AvgIpc) is 2.62. The Balaban J connectivity index is 2.14. The molecule has 0 saturated heterocycles. The lowest BCUT2D eigenvalue weighted by Crippen LogP contribution is -2.23. The number of rotatable bonds is 2. The molecule has 4 nitrogen and oxygen atoms in total. The number of fused-ring (bicyclic) bond motifs is 3. The van der Waals surface area contributed by atoms with Crippen LogP contribution in [0.15, 0.2) is 6.07 Å². The van der Waals surface area contributed by atoms with Crippen LogP contribution < -0.4 is 15.2 Å². The molecule has 0 amide bonds. The standard InChI is InChI=1S/C12H13NO3/c1-2-15-10-5-9-11(16-12(9)14)8-4-6(13)3-7(8)10/h5-6H,2-4,13H2,1H3. The second kappa shape index (κ2) is 3.22. The Bertz CT molecular complexity index is 482. The van der Waals surface area contributed by atoms with E-state index < -0.39 is 0 Å². The average molecular weight is 219 g/mol. The van der Waals surface area contributed by atoms with Gasteiger partial charge in [0.15, 0.2) is 0 Å². The molecule has 1 aromatic rings. The Morgan fingerprint density at radius 3 is 2.94 bits per heavy atom. The first-order valence-corrected chi connectivity index (χ1v) is 5.50. The lowest BCUT2D eigenvalue weighted by Gasteiger charge is -2.22. The molecule has 1 aliphatic heterocycles. The topological polar surface area (TPSA) is 61.6 Å². The minimum absolute atomic E-state index is 0.111. The van der Waals surface area contributed by atoms with Gasteiger partial charge in [0.25, 0.3) is 0 Å². The van der Waals surface area contributed by atoms with Gasteiger partial charge in [-0.2, -0.15) is 0 Å². The maximum absolute atomic E-state index is 11.3. The summed E-state index contributed by atoms with van der Waals surface area (Å²) in [5, 5.41) is 0. The first-order valence-electron chi connectivity index (χ1n) is 5.50.